The van der Waals surface area contributed by atoms with E-state index in [0.717, 1.165) is 43.4 Å². The molecule has 0 amide bonds. The van der Waals surface area contributed by atoms with Crippen LogP contribution in [0.3, 0.4) is 0 Å². The fraction of sp³-hybridized carbons (Fsp3) is 0.562. The summed E-state index contributed by atoms with van der Waals surface area (Å²) in [6.45, 7) is 4.93. The van der Waals surface area contributed by atoms with Crippen molar-refractivity contribution in [1.82, 2.24) is 4.90 Å². The Bertz CT molecular complexity index is 490. The summed E-state index contributed by atoms with van der Waals surface area (Å²) in [5.41, 5.74) is 0.758. The van der Waals surface area contributed by atoms with Crippen LogP contribution in [-0.4, -0.2) is 64.0 Å². The van der Waals surface area contributed by atoms with Gasteiger partial charge in [0.25, 0.3) is 0 Å². The van der Waals surface area contributed by atoms with Gasteiger partial charge < -0.3 is 13.3 Å². The minimum absolute atomic E-state index is 0.124. The van der Waals surface area contributed by atoms with E-state index in [1.54, 1.807) is 0 Å². The maximum Gasteiger partial charge on any atom is 0.501 e. The minimum Gasteiger partial charge on any atom is -0.372 e. The Morgan fingerprint density at radius 2 is 1.65 bits per heavy atom. The van der Waals surface area contributed by atoms with E-state index in [4.69, 9.17) is 13.3 Å². The quantitative estimate of drug-likeness (QED) is 0.598. The Kier molecular flexibility index (Phi) is 6.26. The molecule has 1 aromatic carbocycles. The van der Waals surface area contributed by atoms with Gasteiger partial charge in [-0.1, -0.05) is 42.1 Å². The molecule has 1 aromatic rings. The minimum atomic E-state index is -2.53. The van der Waals surface area contributed by atoms with Gasteiger partial charge in [0.15, 0.2) is 0 Å². The molecular formula is C16H23NO4SSi. The Morgan fingerprint density at radius 3 is 2.26 bits per heavy atom. The number of carbonyl (C=O) groups excluding carboxylic acids is 1. The van der Waals surface area contributed by atoms with Crippen LogP contribution in [0.4, 0.5) is 0 Å². The van der Waals surface area contributed by atoms with Crippen LogP contribution < -0.4 is 0 Å². The second-order valence-electron chi connectivity index (χ2n) is 5.68. The summed E-state index contributed by atoms with van der Waals surface area (Å²) >= 11 is 1.36. The molecule has 0 radical (unpaired) electrons. The molecule has 0 saturated carbocycles. The van der Waals surface area contributed by atoms with E-state index in [-0.39, 0.29) is 5.12 Å². The van der Waals surface area contributed by atoms with Crippen molar-refractivity contribution >= 4 is 25.7 Å². The van der Waals surface area contributed by atoms with E-state index >= 15 is 0 Å². The van der Waals surface area contributed by atoms with E-state index in [1.807, 2.05) is 30.3 Å². The molecule has 23 heavy (non-hydrogen) atoms. The van der Waals surface area contributed by atoms with E-state index < -0.39 is 8.80 Å². The number of fused-ring (bicyclic) bond motifs is 6. The molecule has 2 bridgehead atoms. The Hall–Kier alpha value is -0.703. The van der Waals surface area contributed by atoms with Crippen molar-refractivity contribution in [3.05, 3.63) is 35.9 Å². The van der Waals surface area contributed by atoms with Crippen molar-refractivity contribution < 1.29 is 18.1 Å². The van der Waals surface area contributed by atoms with E-state index in [1.165, 1.54) is 11.8 Å². The van der Waals surface area contributed by atoms with Crippen molar-refractivity contribution in [1.29, 1.82) is 0 Å². The third kappa shape index (κ3) is 4.88. The van der Waals surface area contributed by atoms with E-state index in [2.05, 4.69) is 4.90 Å². The molecule has 3 fully saturated rings. The third-order valence-corrected chi connectivity index (χ3v) is 7.95. The number of carbonyl (C=O) groups is 1. The van der Waals surface area contributed by atoms with Crippen molar-refractivity contribution in [2.45, 2.75) is 12.5 Å². The van der Waals surface area contributed by atoms with Crippen LogP contribution in [0.2, 0.25) is 6.04 Å². The molecule has 0 aliphatic carbocycles. The average molecular weight is 354 g/mol. The molecule has 3 saturated heterocycles. The highest BCUT2D eigenvalue weighted by Crippen LogP contribution is 2.23. The fourth-order valence-corrected chi connectivity index (χ4v) is 6.31. The van der Waals surface area contributed by atoms with Crippen LogP contribution in [0, 0.1) is 0 Å². The number of hydrogen-bond acceptors (Lipinski definition) is 6. The number of thioether (sulfide) groups is 1. The molecule has 5 nitrogen and oxygen atoms in total. The second kappa shape index (κ2) is 8.41. The molecule has 126 valence electrons. The molecule has 3 aliphatic heterocycles. The maximum atomic E-state index is 12.1. The zero-order chi connectivity index (χ0) is 16.0. The summed E-state index contributed by atoms with van der Waals surface area (Å²) in [4.78, 5) is 14.4. The molecular weight excluding hydrogens is 330 g/mol. The predicted octanol–water partition coefficient (Wildman–Crippen LogP) is 2.27. The smallest absolute Gasteiger partial charge is 0.372 e. The molecule has 3 aliphatic rings. The Labute approximate surface area is 142 Å². The number of rotatable bonds is 5. The largest absolute Gasteiger partial charge is 0.501 e. The molecule has 0 unspecified atom stereocenters. The standard InChI is InChI=1S/C16H23NO4SSi/c18-16(15-5-2-1-3-6-15)22-13-4-14-23-19-10-7-17(8-11-20-23)9-12-21-23/h1-3,5-6H,4,7-14H2. The summed E-state index contributed by atoms with van der Waals surface area (Å²) in [5, 5.41) is 0.124. The van der Waals surface area contributed by atoms with Gasteiger partial charge in [-0.3, -0.25) is 9.69 Å². The zero-order valence-corrected chi connectivity index (χ0v) is 15.1. The van der Waals surface area contributed by atoms with Gasteiger partial charge in [0.1, 0.15) is 0 Å². The first-order valence-corrected chi connectivity index (χ1v) is 11.1. The summed E-state index contributed by atoms with van der Waals surface area (Å²) in [6.07, 6.45) is 0.874. The van der Waals surface area contributed by atoms with Gasteiger partial charge in [-0.25, -0.2) is 0 Å². The van der Waals surface area contributed by atoms with Gasteiger partial charge in [0.2, 0.25) is 5.12 Å². The van der Waals surface area contributed by atoms with Gasteiger partial charge in [0.05, 0.1) is 19.8 Å². The molecule has 0 N–H and O–H groups in total. The van der Waals surface area contributed by atoms with Gasteiger partial charge in [0, 0.05) is 37.0 Å². The average Bonchev–Trinajstić information content (AvgIpc) is 2.52. The summed E-state index contributed by atoms with van der Waals surface area (Å²) < 4.78 is 18.0. The van der Waals surface area contributed by atoms with Crippen molar-refractivity contribution in [3.63, 3.8) is 0 Å². The van der Waals surface area contributed by atoms with Crippen molar-refractivity contribution in [2.75, 3.05) is 45.2 Å². The van der Waals surface area contributed by atoms with Crippen LogP contribution in [-0.2, 0) is 13.3 Å². The fourth-order valence-electron chi connectivity index (χ4n) is 2.78. The zero-order valence-electron chi connectivity index (χ0n) is 13.2. The topological polar surface area (TPSA) is 48.0 Å². The normalized spacial score (nSPS) is 27.9. The predicted molar refractivity (Wildman–Crippen MR) is 92.7 cm³/mol. The Morgan fingerprint density at radius 1 is 1.04 bits per heavy atom. The van der Waals surface area contributed by atoms with Crippen LogP contribution in [0.5, 0.6) is 0 Å². The molecule has 0 aromatic heterocycles. The first kappa shape index (κ1) is 17.1. The number of nitrogens with zero attached hydrogens (tertiary/aromatic N) is 1. The van der Waals surface area contributed by atoms with Crippen molar-refractivity contribution in [2.24, 2.45) is 0 Å². The first-order valence-electron chi connectivity index (χ1n) is 8.14. The highest BCUT2D eigenvalue weighted by Gasteiger charge is 2.43. The van der Waals surface area contributed by atoms with Gasteiger partial charge in [-0.15, -0.1) is 0 Å². The van der Waals surface area contributed by atoms with Crippen LogP contribution in [0.15, 0.2) is 30.3 Å². The van der Waals surface area contributed by atoms with Gasteiger partial charge in [-0.2, -0.15) is 0 Å². The first-order chi connectivity index (χ1) is 11.3. The van der Waals surface area contributed by atoms with Gasteiger partial charge in [-0.05, 0) is 6.42 Å². The maximum absolute atomic E-state index is 12.1. The lowest BCUT2D eigenvalue weighted by Crippen LogP contribution is -2.55. The lowest BCUT2D eigenvalue weighted by atomic mass is 10.2. The molecule has 0 atom stereocenters. The summed E-state index contributed by atoms with van der Waals surface area (Å²) in [6, 6.07) is 10.2. The van der Waals surface area contributed by atoms with E-state index in [0.29, 0.717) is 19.8 Å². The Balaban J connectivity index is 1.46. The third-order valence-electron chi connectivity index (χ3n) is 4.06. The lowest BCUT2D eigenvalue weighted by Gasteiger charge is -2.38. The summed E-state index contributed by atoms with van der Waals surface area (Å²) in [5.74, 6) is 0.769. The highest BCUT2D eigenvalue weighted by atomic mass is 32.2. The van der Waals surface area contributed by atoms with Crippen LogP contribution >= 0.6 is 11.8 Å². The highest BCUT2D eigenvalue weighted by molar-refractivity contribution is 8.14. The van der Waals surface area contributed by atoms with E-state index in [9.17, 15) is 4.79 Å². The second-order valence-corrected chi connectivity index (χ2v) is 9.48. The molecule has 4 rings (SSSR count). The lowest BCUT2D eigenvalue weighted by molar-refractivity contribution is -0.00829. The van der Waals surface area contributed by atoms with Gasteiger partial charge >= 0.3 is 8.80 Å². The van der Waals surface area contributed by atoms with Crippen molar-refractivity contribution in [3.8, 4) is 0 Å². The monoisotopic (exact) mass is 353 g/mol. The number of hydrogen-bond donors (Lipinski definition) is 0. The SMILES string of the molecule is O=C(SCCC[Si]12OCCN(CCO1)CCO2)c1ccccc1. The molecule has 3 heterocycles. The summed E-state index contributed by atoms with van der Waals surface area (Å²) in [7, 11) is -2.53. The molecule has 7 heteroatoms. The molecule has 0 spiro atoms. The van der Waals surface area contributed by atoms with Crippen LogP contribution in [0.25, 0.3) is 0 Å². The van der Waals surface area contributed by atoms with Crippen LogP contribution in [0.1, 0.15) is 16.8 Å². The number of benzene rings is 1.